The number of carbonyl (C=O) groups is 1. The minimum Gasteiger partial charge on any atom is -0.726 e. The van der Waals surface area contributed by atoms with E-state index in [1.54, 1.807) is 0 Å². The van der Waals surface area contributed by atoms with Gasteiger partial charge in [0.25, 0.3) is 0 Å². The maximum Gasteiger partial charge on any atom is 1.00 e. The molecule has 518 valence electrons. The minimum atomic E-state index is -6.63. The van der Waals surface area contributed by atoms with Crippen molar-refractivity contribution in [3.8, 4) is 0 Å². The molecule has 0 amide bonds. The second-order valence-electron chi connectivity index (χ2n) is 17.1. The van der Waals surface area contributed by atoms with Crippen LogP contribution in [0.5, 0.6) is 0 Å². The summed E-state index contributed by atoms with van der Waals surface area (Å²) >= 11 is 0. The molecule has 50 nitrogen and oxygen atoms in total. The normalized spacial score (nSPS) is 32.7. The summed E-state index contributed by atoms with van der Waals surface area (Å²) < 4.78 is 427. The SMILES string of the molecule is CO[C@@H]1OC[C@@H](O[C@@H]2OC[C@@H](O[C@@H]3OC[C@@H](O[C@@H]4OC[C@@H](OC)[C@H](OS(=O)(=O)[O-])[C@H]4OS(=O)(=O)[O-])[C@H](OS(=O)(=O)[O-])[C@H]3OS(=O)(=O)[O-])[C@H](OS(=O)(=O)[O-])[C@H]2O[C@@H]2O[C@@H](C(=O)[O-])[C@H](OC)[C@@H](OS(=O)(=O)[O-])[C@@H]2OS(=O)(=O)[O-])[C@H](OS(=O)(=O)[O-])[C@H]1OS(=O)(=O)[O-].[Na+].[Na+].[Na+].[Na+].[Na+].[Na+].[Na+].[Na+].[Na+].[Na+]. The van der Waals surface area contributed by atoms with E-state index in [1.165, 1.54) is 0 Å². The molecule has 0 aromatic heterocycles. The summed E-state index contributed by atoms with van der Waals surface area (Å²) in [6.07, 6.45) is -62.0. The molecule has 21 atom stereocenters. The minimum absolute atomic E-state index is 0. The van der Waals surface area contributed by atoms with Gasteiger partial charge in [0, 0.05) is 21.3 Å². The number of hydrogen-bond donors (Lipinski definition) is 0. The first-order chi connectivity index (χ1) is 39.9. The Morgan fingerprint density at radius 2 is 0.500 bits per heavy atom. The van der Waals surface area contributed by atoms with Crippen LogP contribution in [0.3, 0.4) is 0 Å². The second-order valence-corrected chi connectivity index (χ2v) is 26.2. The van der Waals surface area contributed by atoms with Crippen LogP contribution >= 0.6 is 0 Å². The van der Waals surface area contributed by atoms with E-state index in [0.717, 1.165) is 7.11 Å². The Bertz CT molecular complexity index is 3520. The third-order valence-electron chi connectivity index (χ3n) is 11.3. The molecule has 5 heterocycles. The largest absolute Gasteiger partial charge is 1.00 e. The second kappa shape index (κ2) is 48.4. The molecule has 5 aliphatic heterocycles. The van der Waals surface area contributed by atoms with Crippen molar-refractivity contribution >= 4 is 99.6 Å². The van der Waals surface area contributed by atoms with Crippen LogP contribution in [0.25, 0.3) is 0 Å². The van der Waals surface area contributed by atoms with Crippen molar-refractivity contribution in [2.45, 2.75) is 129 Å². The molecular formula is C29H38Na10O50S9. The van der Waals surface area contributed by atoms with Gasteiger partial charge in [-0.2, -0.15) is 0 Å². The molecule has 0 aliphatic carbocycles. The van der Waals surface area contributed by atoms with Gasteiger partial charge in [0.15, 0.2) is 55.9 Å². The molecule has 5 saturated heterocycles. The maximum absolute atomic E-state index is 12.7. The Morgan fingerprint density at radius 3 is 0.765 bits per heavy atom. The van der Waals surface area contributed by atoms with Gasteiger partial charge in [0.1, 0.15) is 73.2 Å². The standard InChI is InChI=1S/C29H48O50S9.10Na/c1-59-8-4-63-27(21(77-86(50,51)52)12(8)71-80(32,33)34)68-11-7-65-28(22(78-87(53,54)55)15(11)74-83(41,42)43)67-9-6-64-26(66-10-5-62-25(61-3)20(76-85(47,48)49)14(10)73-82(38,39)40)19(13(9)72-81(35,36)37)70-29-23(79-88(56,57)58)17(75-84(44,45)46)16(60-2)18(69-29)24(30)31;;;;;;;;;;/h8-23,25-29H,4-7H2,1-3H3,(H,30,31)(H,32,33,34)(H,35,36,37)(H,38,39,40)(H,41,42,43)(H,44,45,46)(H,47,48,49)(H,50,51,52)(H,53,54,55)(H,56,57,58);;;;;;;;;;/q;10*+1/p-10/t8-,9-,10-,11-,12+,13+,14+,15+,16-,17-,18-,19-,20-,21-,22-,23+,25-,26+,27+,28+,29+;;;;;;;;;;/m1........../s1. The number of hydrogen-bond acceptors (Lipinski definition) is 50. The van der Waals surface area contributed by atoms with Crippen molar-refractivity contribution in [3.63, 3.8) is 0 Å². The van der Waals surface area contributed by atoms with E-state index in [2.05, 4.69) is 37.6 Å². The molecule has 0 aromatic carbocycles. The van der Waals surface area contributed by atoms with Crippen molar-refractivity contribution in [2.24, 2.45) is 0 Å². The summed E-state index contributed by atoms with van der Waals surface area (Å²) in [5.41, 5.74) is 0. The Hall–Kier alpha value is 7.82. The van der Waals surface area contributed by atoms with Gasteiger partial charge in [-0.25, -0.2) is 75.8 Å². The van der Waals surface area contributed by atoms with E-state index >= 15 is 0 Å². The molecule has 0 radical (unpaired) electrons. The fourth-order valence-corrected chi connectivity index (χ4v) is 12.9. The number of aliphatic carboxylic acids is 1. The maximum atomic E-state index is 12.7. The topological polar surface area (TPSA) is 749 Å². The number of carboxylic acid groups (broad SMARTS) is 1. The van der Waals surface area contributed by atoms with Crippen LogP contribution in [0.4, 0.5) is 0 Å². The van der Waals surface area contributed by atoms with Crippen molar-refractivity contribution in [2.75, 3.05) is 47.8 Å². The van der Waals surface area contributed by atoms with Gasteiger partial charge in [-0.1, -0.05) is 0 Å². The summed E-state index contributed by atoms with van der Waals surface area (Å²) in [4.78, 5) is 12.4. The Labute approximate surface area is 779 Å². The summed E-state index contributed by atoms with van der Waals surface area (Å²) in [5, 5.41) is 12.4. The Morgan fingerprint density at radius 1 is 0.276 bits per heavy atom. The molecule has 0 bridgehead atoms. The monoisotopic (exact) mass is 1700 g/mol. The zero-order chi connectivity index (χ0) is 66.9. The van der Waals surface area contributed by atoms with Gasteiger partial charge < -0.3 is 108 Å². The third-order valence-corrected chi connectivity index (χ3v) is 15.5. The molecule has 5 aliphatic rings. The van der Waals surface area contributed by atoms with Crippen LogP contribution in [0.15, 0.2) is 0 Å². The predicted molar refractivity (Wildman–Crippen MR) is 232 cm³/mol. The van der Waals surface area contributed by atoms with Crippen LogP contribution < -0.4 is 301 Å². The van der Waals surface area contributed by atoms with Crippen molar-refractivity contribution in [1.29, 1.82) is 0 Å². The summed E-state index contributed by atoms with van der Waals surface area (Å²) in [5.74, 6) is -2.61. The Balaban J connectivity index is -0.00000212. The molecule has 0 spiro atoms. The van der Waals surface area contributed by atoms with Crippen LogP contribution in [0.1, 0.15) is 0 Å². The van der Waals surface area contributed by atoms with E-state index in [4.69, 9.17) is 56.8 Å². The van der Waals surface area contributed by atoms with Gasteiger partial charge >= 0.3 is 296 Å². The fourth-order valence-electron chi connectivity index (χ4n) is 8.47. The molecule has 5 fully saturated rings. The van der Waals surface area contributed by atoms with E-state index < -0.39 is 255 Å². The van der Waals surface area contributed by atoms with Crippen LogP contribution in [-0.2, 0) is 193 Å². The summed E-state index contributed by atoms with van der Waals surface area (Å²) in [6.45, 7) is -5.89. The van der Waals surface area contributed by atoms with Gasteiger partial charge in [-0.15, -0.1) is 0 Å². The number of methoxy groups -OCH3 is 3. The summed E-state index contributed by atoms with van der Waals surface area (Å²) in [7, 11) is -55.2. The smallest absolute Gasteiger partial charge is 0.726 e. The van der Waals surface area contributed by atoms with Gasteiger partial charge in [0.2, 0.25) is 93.6 Å². The molecule has 5 rings (SSSR count). The molecule has 0 unspecified atom stereocenters. The van der Waals surface area contributed by atoms with Crippen molar-refractivity contribution < 1.29 is 517 Å². The molecular weight excluding hydrogens is 1670 g/mol. The molecule has 0 N–H and O–H groups in total. The molecule has 0 saturated carbocycles. The van der Waals surface area contributed by atoms with Gasteiger partial charge in [-0.05, 0) is 0 Å². The van der Waals surface area contributed by atoms with Crippen molar-refractivity contribution in [3.05, 3.63) is 0 Å². The predicted octanol–water partition coefficient (Wildman–Crippen LogP) is -43.2. The van der Waals surface area contributed by atoms with Crippen molar-refractivity contribution in [1.82, 2.24) is 0 Å². The Kier molecular flexibility index (Phi) is 57.6. The molecule has 0 aromatic rings. The summed E-state index contributed by atoms with van der Waals surface area (Å²) in [6, 6.07) is 0. The van der Waals surface area contributed by atoms with Gasteiger partial charge in [0.05, 0.1) is 32.4 Å². The van der Waals surface area contributed by atoms with E-state index in [1.807, 2.05) is 0 Å². The first-order valence-corrected chi connectivity index (χ1v) is 34.2. The van der Waals surface area contributed by atoms with Gasteiger partial charge in [-0.3, -0.25) is 37.6 Å². The zero-order valence-corrected chi connectivity index (χ0v) is 79.9. The first kappa shape index (κ1) is 117. The van der Waals surface area contributed by atoms with Crippen LogP contribution in [0.2, 0.25) is 0 Å². The van der Waals surface area contributed by atoms with Crippen LogP contribution in [0, 0.1) is 0 Å². The number of carboxylic acids is 1. The molecule has 69 heteroatoms. The van der Waals surface area contributed by atoms with E-state index in [0.29, 0.717) is 14.2 Å². The molecule has 98 heavy (non-hydrogen) atoms. The number of rotatable bonds is 30. The van der Waals surface area contributed by atoms with Crippen LogP contribution in [-0.4, -0.2) is 300 Å². The number of ether oxygens (including phenoxy) is 12. The average Bonchev–Trinajstić information content (AvgIpc) is 0.769. The zero-order valence-electron chi connectivity index (χ0n) is 52.5. The van der Waals surface area contributed by atoms with E-state index in [-0.39, 0.29) is 296 Å². The number of carbonyl (C=O) groups excluding carboxylic acids is 1. The quantitative estimate of drug-likeness (QED) is 0.0366. The first-order valence-electron chi connectivity index (χ1n) is 22.2. The average molecular weight is 1710 g/mol. The third kappa shape index (κ3) is 39.4. The fraction of sp³-hybridized carbons (Fsp3) is 0.966. The van der Waals surface area contributed by atoms with E-state index in [9.17, 15) is 127 Å².